The van der Waals surface area contributed by atoms with E-state index in [0.29, 0.717) is 0 Å². The second-order valence-electron chi connectivity index (χ2n) is 3.40. The van der Waals surface area contributed by atoms with Gasteiger partial charge in [-0.1, -0.05) is 0 Å². The van der Waals surface area contributed by atoms with Crippen LogP contribution < -0.4 is 10.6 Å². The zero-order valence-electron chi connectivity index (χ0n) is 9.24. The second kappa shape index (κ2) is 4.56. The first-order valence-electron chi connectivity index (χ1n) is 4.94. The van der Waals surface area contributed by atoms with E-state index in [2.05, 4.69) is 15.0 Å². The quantitative estimate of drug-likeness (QED) is 0.820. The molecule has 0 saturated heterocycles. The largest absolute Gasteiger partial charge is 0.382 e. The number of amides is 1. The lowest BCUT2D eigenvalue weighted by Gasteiger charge is -2.16. The lowest BCUT2D eigenvalue weighted by atomic mass is 10.3. The van der Waals surface area contributed by atoms with Crippen LogP contribution in [0, 0.1) is 0 Å². The molecule has 1 amide bonds. The Morgan fingerprint density at radius 2 is 1.94 bits per heavy atom. The first-order chi connectivity index (χ1) is 8.18. The van der Waals surface area contributed by atoms with Gasteiger partial charge >= 0.3 is 0 Å². The van der Waals surface area contributed by atoms with Crippen LogP contribution in [-0.4, -0.2) is 27.9 Å². The molecule has 0 atom stereocenters. The van der Waals surface area contributed by atoms with Crippen molar-refractivity contribution in [3.05, 3.63) is 42.6 Å². The molecule has 0 aliphatic heterocycles. The van der Waals surface area contributed by atoms with E-state index in [1.54, 1.807) is 31.6 Å². The number of anilines is 2. The van der Waals surface area contributed by atoms with E-state index in [4.69, 9.17) is 5.73 Å². The predicted molar refractivity (Wildman–Crippen MR) is 63.4 cm³/mol. The van der Waals surface area contributed by atoms with Crippen LogP contribution in [0.2, 0.25) is 0 Å². The highest BCUT2D eigenvalue weighted by Gasteiger charge is 2.14. The maximum atomic E-state index is 12.0. The summed E-state index contributed by atoms with van der Waals surface area (Å²) < 4.78 is 0. The van der Waals surface area contributed by atoms with Crippen molar-refractivity contribution in [2.24, 2.45) is 0 Å². The standard InChI is InChI=1S/C11H11N5O/c1-16(8-2-4-13-5-3-8)11(17)9-6-15-10(12)7-14-9/h2-7H,1H3,(H2,12,15). The van der Waals surface area contributed by atoms with E-state index in [0.717, 1.165) is 5.69 Å². The van der Waals surface area contributed by atoms with Crippen LogP contribution in [0.25, 0.3) is 0 Å². The Balaban J connectivity index is 2.23. The molecule has 17 heavy (non-hydrogen) atoms. The summed E-state index contributed by atoms with van der Waals surface area (Å²) in [6.45, 7) is 0. The van der Waals surface area contributed by atoms with Gasteiger partial charge in [-0.15, -0.1) is 0 Å². The minimum atomic E-state index is -0.247. The molecule has 2 N–H and O–H groups in total. The number of hydrogen-bond donors (Lipinski definition) is 1. The normalized spacial score (nSPS) is 9.94. The SMILES string of the molecule is CN(C(=O)c1cnc(N)cn1)c1ccncc1. The van der Waals surface area contributed by atoms with Gasteiger partial charge in [0.25, 0.3) is 5.91 Å². The van der Waals surface area contributed by atoms with E-state index in [9.17, 15) is 4.79 Å². The predicted octanol–water partition coefficient (Wildman–Crippen LogP) is 0.730. The van der Waals surface area contributed by atoms with Gasteiger partial charge in [0, 0.05) is 25.1 Å². The fourth-order valence-electron chi connectivity index (χ4n) is 1.31. The lowest BCUT2D eigenvalue weighted by Crippen LogP contribution is -2.27. The van der Waals surface area contributed by atoms with Crippen molar-refractivity contribution in [2.45, 2.75) is 0 Å². The molecule has 2 rings (SSSR count). The molecular weight excluding hydrogens is 218 g/mol. The van der Waals surface area contributed by atoms with Gasteiger partial charge in [-0.05, 0) is 12.1 Å². The third-order valence-electron chi connectivity index (χ3n) is 2.25. The van der Waals surface area contributed by atoms with Crippen LogP contribution in [0.15, 0.2) is 36.9 Å². The zero-order valence-corrected chi connectivity index (χ0v) is 9.24. The molecule has 0 aliphatic rings. The summed E-state index contributed by atoms with van der Waals surface area (Å²) >= 11 is 0. The molecule has 0 saturated carbocycles. The fraction of sp³-hybridized carbons (Fsp3) is 0.0909. The molecule has 6 heteroatoms. The maximum Gasteiger partial charge on any atom is 0.278 e. The van der Waals surface area contributed by atoms with Gasteiger partial charge in [0.05, 0.1) is 12.4 Å². The van der Waals surface area contributed by atoms with Gasteiger partial charge < -0.3 is 10.6 Å². The van der Waals surface area contributed by atoms with Crippen molar-refractivity contribution in [1.29, 1.82) is 0 Å². The molecule has 0 spiro atoms. The number of nitrogens with zero attached hydrogens (tertiary/aromatic N) is 4. The molecule has 0 aromatic carbocycles. The van der Waals surface area contributed by atoms with Crippen molar-refractivity contribution in [2.75, 3.05) is 17.7 Å². The summed E-state index contributed by atoms with van der Waals surface area (Å²) in [5.41, 5.74) is 6.40. The van der Waals surface area contributed by atoms with Crippen LogP contribution in [0.5, 0.6) is 0 Å². The van der Waals surface area contributed by atoms with Crippen LogP contribution >= 0.6 is 0 Å². The van der Waals surface area contributed by atoms with Gasteiger partial charge in [0.2, 0.25) is 0 Å². The Morgan fingerprint density at radius 3 is 2.53 bits per heavy atom. The molecule has 2 aromatic rings. The van der Waals surface area contributed by atoms with Gasteiger partial charge in [-0.25, -0.2) is 9.97 Å². The lowest BCUT2D eigenvalue weighted by molar-refractivity contribution is 0.0988. The Hall–Kier alpha value is -2.50. The van der Waals surface area contributed by atoms with Crippen LogP contribution in [0.1, 0.15) is 10.5 Å². The number of pyridine rings is 1. The Morgan fingerprint density at radius 1 is 1.24 bits per heavy atom. The first kappa shape index (κ1) is 11.0. The highest BCUT2D eigenvalue weighted by Crippen LogP contribution is 2.12. The minimum Gasteiger partial charge on any atom is -0.382 e. The Bertz CT molecular complexity index is 511. The third-order valence-corrected chi connectivity index (χ3v) is 2.25. The summed E-state index contributed by atoms with van der Waals surface area (Å²) in [7, 11) is 1.66. The molecule has 0 radical (unpaired) electrons. The van der Waals surface area contributed by atoms with Crippen LogP contribution in [-0.2, 0) is 0 Å². The highest BCUT2D eigenvalue weighted by molar-refractivity contribution is 6.04. The topological polar surface area (TPSA) is 85.0 Å². The van der Waals surface area contributed by atoms with E-state index < -0.39 is 0 Å². The minimum absolute atomic E-state index is 0.247. The number of nitrogens with two attached hydrogens (primary N) is 1. The highest BCUT2D eigenvalue weighted by atomic mass is 16.2. The summed E-state index contributed by atoms with van der Waals surface area (Å²) in [6.07, 6.45) is 5.95. The summed E-state index contributed by atoms with van der Waals surface area (Å²) in [4.78, 5) is 25.1. The number of aromatic nitrogens is 3. The average Bonchev–Trinajstić information content (AvgIpc) is 2.39. The summed E-state index contributed by atoms with van der Waals surface area (Å²) in [5, 5.41) is 0. The smallest absolute Gasteiger partial charge is 0.278 e. The molecule has 0 unspecified atom stereocenters. The Labute approximate surface area is 98.1 Å². The van der Waals surface area contributed by atoms with Gasteiger partial charge in [0.1, 0.15) is 11.5 Å². The van der Waals surface area contributed by atoms with Crippen molar-refractivity contribution in [1.82, 2.24) is 15.0 Å². The van der Waals surface area contributed by atoms with Crippen molar-refractivity contribution in [3.8, 4) is 0 Å². The number of carbonyl (C=O) groups is 1. The number of hydrogen-bond acceptors (Lipinski definition) is 5. The fourth-order valence-corrected chi connectivity index (χ4v) is 1.31. The van der Waals surface area contributed by atoms with Crippen molar-refractivity contribution < 1.29 is 4.79 Å². The van der Waals surface area contributed by atoms with E-state index in [1.807, 2.05) is 0 Å². The molecule has 0 aliphatic carbocycles. The van der Waals surface area contributed by atoms with Crippen LogP contribution in [0.3, 0.4) is 0 Å². The number of nitrogen functional groups attached to an aromatic ring is 1. The van der Waals surface area contributed by atoms with E-state index >= 15 is 0 Å². The van der Waals surface area contributed by atoms with Gasteiger partial charge in [-0.2, -0.15) is 0 Å². The second-order valence-corrected chi connectivity index (χ2v) is 3.40. The van der Waals surface area contributed by atoms with Crippen molar-refractivity contribution in [3.63, 3.8) is 0 Å². The van der Waals surface area contributed by atoms with Gasteiger partial charge in [-0.3, -0.25) is 9.78 Å². The monoisotopic (exact) mass is 229 g/mol. The van der Waals surface area contributed by atoms with E-state index in [1.165, 1.54) is 17.3 Å². The summed E-state index contributed by atoms with van der Waals surface area (Å²) in [6, 6.07) is 3.48. The number of rotatable bonds is 2. The zero-order chi connectivity index (χ0) is 12.3. The molecule has 86 valence electrons. The molecule has 2 aromatic heterocycles. The molecule has 0 bridgehead atoms. The Kier molecular flexibility index (Phi) is 2.95. The van der Waals surface area contributed by atoms with E-state index in [-0.39, 0.29) is 17.4 Å². The van der Waals surface area contributed by atoms with Gasteiger partial charge in [0.15, 0.2) is 0 Å². The molecule has 6 nitrogen and oxygen atoms in total. The molecule has 0 fully saturated rings. The molecule has 2 heterocycles. The third kappa shape index (κ3) is 2.36. The number of carbonyl (C=O) groups excluding carboxylic acids is 1. The van der Waals surface area contributed by atoms with Crippen LogP contribution in [0.4, 0.5) is 11.5 Å². The van der Waals surface area contributed by atoms with Crippen molar-refractivity contribution >= 4 is 17.4 Å². The maximum absolute atomic E-state index is 12.0. The molecular formula is C11H11N5O. The first-order valence-corrected chi connectivity index (χ1v) is 4.94. The average molecular weight is 229 g/mol. The summed E-state index contributed by atoms with van der Waals surface area (Å²) in [5.74, 6) is 0.0387.